The molecule has 3 rings (SSSR count). The number of carbonyl (C=O) groups excluding carboxylic acids is 1. The third-order valence-corrected chi connectivity index (χ3v) is 4.09. The highest BCUT2D eigenvalue weighted by Crippen LogP contribution is 2.25. The van der Waals surface area contributed by atoms with Crippen LogP contribution in [0.5, 0.6) is 0 Å². The van der Waals surface area contributed by atoms with Crippen LogP contribution in [0.2, 0.25) is 0 Å². The van der Waals surface area contributed by atoms with Gasteiger partial charge in [0.05, 0.1) is 6.04 Å². The molecule has 19 heavy (non-hydrogen) atoms. The van der Waals surface area contributed by atoms with Gasteiger partial charge < -0.3 is 9.88 Å². The fourth-order valence-electron chi connectivity index (χ4n) is 2.88. The number of H-pyrrole nitrogens is 1. The number of carbonyl (C=O) groups is 1. The minimum atomic E-state index is 0.176. The molecule has 1 saturated heterocycles. The van der Waals surface area contributed by atoms with E-state index >= 15 is 0 Å². The number of piperazine rings is 1. The van der Waals surface area contributed by atoms with Crippen molar-refractivity contribution in [3.8, 4) is 0 Å². The number of imidazole rings is 1. The summed E-state index contributed by atoms with van der Waals surface area (Å²) in [4.78, 5) is 24.2. The summed E-state index contributed by atoms with van der Waals surface area (Å²) in [6.07, 6.45) is 8.82. The number of likely N-dealkylation sites (N-methyl/N-ethyl adjacent to an activating group) is 1. The maximum Gasteiger partial charge on any atom is 0.249 e. The van der Waals surface area contributed by atoms with Crippen molar-refractivity contribution in [3.63, 3.8) is 0 Å². The van der Waals surface area contributed by atoms with Gasteiger partial charge in [0.15, 0.2) is 0 Å². The second-order valence-corrected chi connectivity index (χ2v) is 5.34. The molecule has 1 N–H and O–H groups in total. The van der Waals surface area contributed by atoms with Gasteiger partial charge >= 0.3 is 0 Å². The van der Waals surface area contributed by atoms with Gasteiger partial charge in [-0.2, -0.15) is 0 Å². The van der Waals surface area contributed by atoms with Gasteiger partial charge in [-0.15, -0.1) is 0 Å². The predicted octanol–water partition coefficient (Wildman–Crippen LogP) is 1.34. The molecule has 102 valence electrons. The summed E-state index contributed by atoms with van der Waals surface area (Å²) in [5.41, 5.74) is 1.00. The fourth-order valence-corrected chi connectivity index (χ4v) is 2.88. The first kappa shape index (κ1) is 12.4. The molecule has 5 heteroatoms. The standard InChI is InChI=1S/C14H20N4O/c1-17-8-9-18(14(19)11-4-2-3-5-11)10-12(17)13-15-6-7-16-13/h4,6-7,12H,2-3,5,8-10H2,1H3,(H,15,16)/t12-/m0/s1. The Kier molecular flexibility index (Phi) is 3.38. The third kappa shape index (κ3) is 2.42. The lowest BCUT2D eigenvalue weighted by atomic mass is 10.1. The molecular weight excluding hydrogens is 240 g/mol. The molecule has 0 aromatic carbocycles. The number of nitrogens with one attached hydrogen (secondary N) is 1. The fraction of sp³-hybridized carbons (Fsp3) is 0.571. The van der Waals surface area contributed by atoms with Crippen LogP contribution in [0.15, 0.2) is 24.0 Å². The summed E-state index contributed by atoms with van der Waals surface area (Å²) in [6, 6.07) is 0.176. The highest BCUT2D eigenvalue weighted by molar-refractivity contribution is 5.93. The molecule has 5 nitrogen and oxygen atoms in total. The number of aromatic amines is 1. The van der Waals surface area contributed by atoms with Gasteiger partial charge in [0.2, 0.25) is 5.91 Å². The zero-order valence-corrected chi connectivity index (χ0v) is 11.3. The van der Waals surface area contributed by atoms with Crippen molar-refractivity contribution in [2.75, 3.05) is 26.7 Å². The van der Waals surface area contributed by atoms with Crippen molar-refractivity contribution in [2.24, 2.45) is 0 Å². The summed E-state index contributed by atoms with van der Waals surface area (Å²) < 4.78 is 0. The highest BCUT2D eigenvalue weighted by atomic mass is 16.2. The predicted molar refractivity (Wildman–Crippen MR) is 72.5 cm³/mol. The van der Waals surface area contributed by atoms with Crippen molar-refractivity contribution in [1.29, 1.82) is 0 Å². The lowest BCUT2D eigenvalue weighted by molar-refractivity contribution is -0.130. The molecule has 0 bridgehead atoms. The van der Waals surface area contributed by atoms with Gasteiger partial charge in [0.25, 0.3) is 0 Å². The molecule has 1 aromatic rings. The highest BCUT2D eigenvalue weighted by Gasteiger charge is 2.31. The molecule has 1 atom stereocenters. The normalized spacial score (nSPS) is 24.6. The Morgan fingerprint density at radius 3 is 3.05 bits per heavy atom. The van der Waals surface area contributed by atoms with E-state index in [0.717, 1.165) is 50.3 Å². The molecule has 2 heterocycles. The van der Waals surface area contributed by atoms with Crippen molar-refractivity contribution >= 4 is 5.91 Å². The van der Waals surface area contributed by atoms with Crippen LogP contribution < -0.4 is 0 Å². The molecule has 0 saturated carbocycles. The SMILES string of the molecule is CN1CCN(C(=O)C2=CCCC2)C[C@H]1c1ncc[nH]1. The van der Waals surface area contributed by atoms with Crippen molar-refractivity contribution in [1.82, 2.24) is 19.8 Å². The van der Waals surface area contributed by atoms with Crippen LogP contribution in [-0.4, -0.2) is 52.4 Å². The van der Waals surface area contributed by atoms with Gasteiger partial charge in [0, 0.05) is 37.6 Å². The molecule has 1 amide bonds. The average molecular weight is 260 g/mol. The molecule has 0 unspecified atom stereocenters. The minimum Gasteiger partial charge on any atom is -0.347 e. The summed E-state index contributed by atoms with van der Waals surface area (Å²) in [5, 5.41) is 0. The number of rotatable bonds is 2. The topological polar surface area (TPSA) is 52.2 Å². The molecule has 1 fully saturated rings. The lowest BCUT2D eigenvalue weighted by Crippen LogP contribution is -2.49. The number of nitrogens with zero attached hydrogens (tertiary/aromatic N) is 3. The maximum atomic E-state index is 12.4. The zero-order valence-electron chi connectivity index (χ0n) is 11.3. The summed E-state index contributed by atoms with van der Waals surface area (Å²) >= 11 is 0. The van der Waals surface area contributed by atoms with Crippen molar-refractivity contribution in [2.45, 2.75) is 25.3 Å². The number of allylic oxidation sites excluding steroid dienone is 1. The van der Waals surface area contributed by atoms with Crippen LogP contribution in [0.1, 0.15) is 31.1 Å². The Balaban J connectivity index is 1.73. The van der Waals surface area contributed by atoms with E-state index in [4.69, 9.17) is 0 Å². The first-order valence-corrected chi connectivity index (χ1v) is 6.93. The van der Waals surface area contributed by atoms with E-state index in [1.807, 2.05) is 11.1 Å². The van der Waals surface area contributed by atoms with Crippen LogP contribution in [0.4, 0.5) is 0 Å². The Hall–Kier alpha value is -1.62. The van der Waals surface area contributed by atoms with E-state index in [-0.39, 0.29) is 11.9 Å². The van der Waals surface area contributed by atoms with E-state index < -0.39 is 0 Å². The Morgan fingerprint density at radius 1 is 1.47 bits per heavy atom. The monoisotopic (exact) mass is 260 g/mol. The van der Waals surface area contributed by atoms with Crippen LogP contribution in [0.3, 0.4) is 0 Å². The number of aromatic nitrogens is 2. The molecule has 0 spiro atoms. The second-order valence-electron chi connectivity index (χ2n) is 5.34. The largest absolute Gasteiger partial charge is 0.347 e. The molecule has 2 aliphatic rings. The molecule has 0 radical (unpaired) electrons. The van der Waals surface area contributed by atoms with Gasteiger partial charge in [-0.25, -0.2) is 4.98 Å². The van der Waals surface area contributed by atoms with E-state index in [2.05, 4.69) is 28.0 Å². The Bertz CT molecular complexity index is 480. The van der Waals surface area contributed by atoms with Crippen LogP contribution in [0.25, 0.3) is 0 Å². The lowest BCUT2D eigenvalue weighted by Gasteiger charge is -2.38. The zero-order chi connectivity index (χ0) is 13.2. The van der Waals surface area contributed by atoms with Crippen LogP contribution >= 0.6 is 0 Å². The van der Waals surface area contributed by atoms with E-state index in [1.54, 1.807) is 6.20 Å². The van der Waals surface area contributed by atoms with Gasteiger partial charge in [0.1, 0.15) is 5.82 Å². The van der Waals surface area contributed by atoms with Crippen LogP contribution in [0, 0.1) is 0 Å². The van der Waals surface area contributed by atoms with E-state index in [1.165, 1.54) is 0 Å². The summed E-state index contributed by atoms with van der Waals surface area (Å²) in [5.74, 6) is 1.17. The summed E-state index contributed by atoms with van der Waals surface area (Å²) in [6.45, 7) is 2.43. The van der Waals surface area contributed by atoms with Gasteiger partial charge in [-0.3, -0.25) is 9.69 Å². The minimum absolute atomic E-state index is 0.176. The van der Waals surface area contributed by atoms with E-state index in [9.17, 15) is 4.79 Å². The molecular formula is C14H20N4O. The third-order valence-electron chi connectivity index (χ3n) is 4.09. The smallest absolute Gasteiger partial charge is 0.249 e. The first-order chi connectivity index (χ1) is 9.25. The van der Waals surface area contributed by atoms with Gasteiger partial charge in [-0.1, -0.05) is 6.08 Å². The average Bonchev–Trinajstić information content (AvgIpc) is 3.12. The Labute approximate surface area is 113 Å². The maximum absolute atomic E-state index is 12.4. The second kappa shape index (κ2) is 5.17. The first-order valence-electron chi connectivity index (χ1n) is 6.93. The van der Waals surface area contributed by atoms with Crippen molar-refractivity contribution < 1.29 is 4.79 Å². The number of hydrogen-bond acceptors (Lipinski definition) is 3. The number of hydrogen-bond donors (Lipinski definition) is 1. The van der Waals surface area contributed by atoms with Gasteiger partial charge in [-0.05, 0) is 26.3 Å². The van der Waals surface area contributed by atoms with Crippen LogP contribution in [-0.2, 0) is 4.79 Å². The quantitative estimate of drug-likeness (QED) is 0.873. The number of amides is 1. The summed E-state index contributed by atoms with van der Waals surface area (Å²) in [7, 11) is 2.09. The van der Waals surface area contributed by atoms with Crippen molar-refractivity contribution in [3.05, 3.63) is 29.9 Å². The molecule has 1 aliphatic heterocycles. The molecule has 1 aliphatic carbocycles. The molecule has 1 aromatic heterocycles. The van der Waals surface area contributed by atoms with E-state index in [0.29, 0.717) is 0 Å². The Morgan fingerprint density at radius 2 is 2.37 bits per heavy atom.